The lowest BCUT2D eigenvalue weighted by Crippen LogP contribution is -2.20. The molecule has 0 aliphatic carbocycles. The minimum absolute atomic E-state index is 0.267. The molecule has 33 heavy (non-hydrogen) atoms. The predicted octanol–water partition coefficient (Wildman–Crippen LogP) is 4.34. The van der Waals surface area contributed by atoms with Crippen molar-refractivity contribution in [2.24, 2.45) is 0 Å². The number of thioether (sulfide) groups is 1. The first kappa shape index (κ1) is 22.6. The number of rotatable bonds is 9. The van der Waals surface area contributed by atoms with Gasteiger partial charge in [-0.3, -0.25) is 4.79 Å². The monoisotopic (exact) mass is 466 g/mol. The third kappa shape index (κ3) is 6.23. The van der Waals surface area contributed by atoms with Crippen molar-refractivity contribution in [2.45, 2.75) is 23.8 Å². The fourth-order valence-corrected chi connectivity index (χ4v) is 3.99. The van der Waals surface area contributed by atoms with Crippen molar-refractivity contribution in [3.63, 3.8) is 0 Å². The number of ether oxygens (including phenoxy) is 1. The highest BCUT2D eigenvalue weighted by Gasteiger charge is 2.14. The number of hydrogen-bond donors (Lipinski definition) is 1. The summed E-state index contributed by atoms with van der Waals surface area (Å²) in [6, 6.07) is 13.1. The van der Waals surface area contributed by atoms with E-state index in [1.165, 1.54) is 24.2 Å². The maximum Gasteiger partial charge on any atom is 0.255 e. The van der Waals surface area contributed by atoms with Crippen molar-refractivity contribution in [2.75, 3.05) is 6.61 Å². The number of benzene rings is 2. The van der Waals surface area contributed by atoms with E-state index in [0.29, 0.717) is 47.2 Å². The lowest BCUT2D eigenvalue weighted by atomic mass is 10.1. The minimum atomic E-state index is -0.909. The zero-order valence-electron chi connectivity index (χ0n) is 17.5. The summed E-state index contributed by atoms with van der Waals surface area (Å²) in [5.41, 5.74) is 2.22. The van der Waals surface area contributed by atoms with Gasteiger partial charge in [-0.2, -0.15) is 0 Å². The summed E-state index contributed by atoms with van der Waals surface area (Å²) in [5.74, 6) is -0.751. The Balaban J connectivity index is 1.54. The number of halogens is 2. The second kappa shape index (κ2) is 10.8. The van der Waals surface area contributed by atoms with Gasteiger partial charge in [0.25, 0.3) is 5.56 Å². The average Bonchev–Trinajstić information content (AvgIpc) is 2.83. The Bertz CT molecular complexity index is 1270. The Morgan fingerprint density at radius 2 is 1.76 bits per heavy atom. The Morgan fingerprint density at radius 3 is 2.52 bits per heavy atom. The van der Waals surface area contributed by atoms with Crippen LogP contribution in [0.2, 0.25) is 0 Å². The molecule has 0 saturated carbocycles. The van der Waals surface area contributed by atoms with E-state index in [-0.39, 0.29) is 5.56 Å². The summed E-state index contributed by atoms with van der Waals surface area (Å²) in [6.45, 7) is 0.339. The lowest BCUT2D eigenvalue weighted by molar-refractivity contribution is 0.319. The Hall–Kier alpha value is -3.59. The summed E-state index contributed by atoms with van der Waals surface area (Å²) in [6.07, 6.45) is 5.49. The molecule has 0 aliphatic heterocycles. The van der Waals surface area contributed by atoms with Crippen molar-refractivity contribution < 1.29 is 13.5 Å². The Kier molecular flexibility index (Phi) is 7.41. The van der Waals surface area contributed by atoms with E-state index in [0.717, 1.165) is 23.4 Å². The largest absolute Gasteiger partial charge is 0.493 e. The number of H-pyrrole nitrogens is 1. The fourth-order valence-electron chi connectivity index (χ4n) is 3.17. The number of nitrogens with zero attached hydrogens (tertiary/aromatic N) is 3. The zero-order valence-corrected chi connectivity index (χ0v) is 18.3. The van der Waals surface area contributed by atoms with Crippen LogP contribution in [-0.2, 0) is 18.6 Å². The molecule has 2 aromatic carbocycles. The van der Waals surface area contributed by atoms with Crippen LogP contribution in [0.25, 0.3) is 0 Å². The topological polar surface area (TPSA) is 80.8 Å². The third-order valence-electron chi connectivity index (χ3n) is 4.78. The van der Waals surface area contributed by atoms with Gasteiger partial charge in [-0.25, -0.2) is 23.7 Å². The van der Waals surface area contributed by atoms with Crippen LogP contribution in [0.4, 0.5) is 8.78 Å². The van der Waals surface area contributed by atoms with Crippen molar-refractivity contribution in [3.8, 4) is 5.75 Å². The van der Waals surface area contributed by atoms with Crippen LogP contribution < -0.4 is 10.3 Å². The zero-order chi connectivity index (χ0) is 23.0. The van der Waals surface area contributed by atoms with Gasteiger partial charge in [0, 0.05) is 36.6 Å². The second-order valence-corrected chi connectivity index (χ2v) is 8.13. The molecular weight excluding hydrogens is 446 g/mol. The molecule has 0 amide bonds. The number of nitrogens with one attached hydrogen (secondary N) is 1. The molecule has 1 N–H and O–H groups in total. The van der Waals surface area contributed by atoms with Gasteiger partial charge in [0.15, 0.2) is 16.8 Å². The average molecular weight is 467 g/mol. The quantitative estimate of drug-likeness (QED) is 0.292. The molecule has 2 heterocycles. The van der Waals surface area contributed by atoms with Crippen LogP contribution in [0.3, 0.4) is 0 Å². The number of para-hydroxylation sites is 1. The van der Waals surface area contributed by atoms with Gasteiger partial charge in [-0.05, 0) is 35.4 Å². The van der Waals surface area contributed by atoms with E-state index in [2.05, 4.69) is 19.9 Å². The normalized spacial score (nSPS) is 10.8. The molecular formula is C24H20F2N4O2S. The Labute approximate surface area is 193 Å². The highest BCUT2D eigenvalue weighted by atomic mass is 32.2. The van der Waals surface area contributed by atoms with Crippen molar-refractivity contribution in [1.29, 1.82) is 0 Å². The third-order valence-corrected chi connectivity index (χ3v) is 5.73. The van der Waals surface area contributed by atoms with Crippen LogP contribution in [0, 0.1) is 11.6 Å². The lowest BCUT2D eigenvalue weighted by Gasteiger charge is -2.11. The molecule has 6 nitrogen and oxygen atoms in total. The number of aromatic nitrogens is 4. The molecule has 0 bridgehead atoms. The number of aromatic amines is 1. The standard InChI is InChI=1S/C24H20F2N4O2S/c25-20-7-6-16(11-21(20)26)14-33-24-29-22(8-9-32-18-4-2-1-3-5-18)19(23(31)30-24)10-17-12-27-15-28-13-17/h1-7,11-13,15H,8-10,14H2,(H,29,30,31). The maximum atomic E-state index is 13.5. The van der Waals surface area contributed by atoms with Gasteiger partial charge >= 0.3 is 0 Å². The maximum absolute atomic E-state index is 13.5. The molecule has 0 fully saturated rings. The van der Waals surface area contributed by atoms with Gasteiger partial charge in [0.2, 0.25) is 0 Å². The van der Waals surface area contributed by atoms with E-state index < -0.39 is 11.6 Å². The first-order valence-electron chi connectivity index (χ1n) is 10.2. The van der Waals surface area contributed by atoms with Crippen molar-refractivity contribution in [3.05, 3.63) is 112 Å². The molecule has 4 aromatic rings. The van der Waals surface area contributed by atoms with Crippen molar-refractivity contribution >= 4 is 11.8 Å². The smallest absolute Gasteiger partial charge is 0.255 e. The molecule has 0 radical (unpaired) electrons. The summed E-state index contributed by atoms with van der Waals surface area (Å²) in [7, 11) is 0. The number of hydrogen-bond acceptors (Lipinski definition) is 6. The van der Waals surface area contributed by atoms with Gasteiger partial charge < -0.3 is 9.72 Å². The first-order valence-corrected chi connectivity index (χ1v) is 11.2. The molecule has 0 atom stereocenters. The van der Waals surface area contributed by atoms with Gasteiger partial charge in [0.05, 0.1) is 12.3 Å². The molecule has 168 valence electrons. The SMILES string of the molecule is O=c1[nH]c(SCc2ccc(F)c(F)c2)nc(CCOc2ccccc2)c1Cc1cncnc1. The van der Waals surface area contributed by atoms with Crippen LogP contribution in [-0.4, -0.2) is 26.5 Å². The fraction of sp³-hybridized carbons (Fsp3) is 0.167. The molecule has 2 aromatic heterocycles. The van der Waals surface area contributed by atoms with Crippen LogP contribution in [0.5, 0.6) is 5.75 Å². The van der Waals surface area contributed by atoms with E-state index in [1.54, 1.807) is 12.4 Å². The molecule has 0 unspecified atom stereocenters. The highest BCUT2D eigenvalue weighted by molar-refractivity contribution is 7.98. The summed E-state index contributed by atoms with van der Waals surface area (Å²) in [5, 5.41) is 0.396. The molecule has 0 saturated heterocycles. The van der Waals surface area contributed by atoms with E-state index >= 15 is 0 Å². The first-order chi connectivity index (χ1) is 16.1. The van der Waals surface area contributed by atoms with E-state index in [9.17, 15) is 13.6 Å². The predicted molar refractivity (Wildman–Crippen MR) is 121 cm³/mol. The summed E-state index contributed by atoms with van der Waals surface area (Å²) in [4.78, 5) is 28.3. The van der Waals surface area contributed by atoms with Gasteiger partial charge in [0.1, 0.15) is 12.1 Å². The molecule has 0 aliphatic rings. The second-order valence-electron chi connectivity index (χ2n) is 7.17. The highest BCUT2D eigenvalue weighted by Crippen LogP contribution is 2.21. The summed E-state index contributed by atoms with van der Waals surface area (Å²) >= 11 is 1.24. The van der Waals surface area contributed by atoms with Gasteiger partial charge in [-0.1, -0.05) is 36.0 Å². The van der Waals surface area contributed by atoms with Crippen LogP contribution >= 0.6 is 11.8 Å². The van der Waals surface area contributed by atoms with E-state index in [1.807, 2.05) is 30.3 Å². The van der Waals surface area contributed by atoms with Gasteiger partial charge in [-0.15, -0.1) is 0 Å². The minimum Gasteiger partial charge on any atom is -0.493 e. The molecule has 9 heteroatoms. The van der Waals surface area contributed by atoms with E-state index in [4.69, 9.17) is 4.74 Å². The van der Waals surface area contributed by atoms with Crippen LogP contribution in [0.1, 0.15) is 22.4 Å². The van der Waals surface area contributed by atoms with Crippen molar-refractivity contribution in [1.82, 2.24) is 19.9 Å². The summed E-state index contributed by atoms with van der Waals surface area (Å²) < 4.78 is 32.4. The Morgan fingerprint density at radius 1 is 0.970 bits per heavy atom. The van der Waals surface area contributed by atoms with Crippen LogP contribution in [0.15, 0.2) is 77.2 Å². The molecule has 4 rings (SSSR count). The molecule has 0 spiro atoms.